The lowest BCUT2D eigenvalue weighted by atomic mass is 9.83. The van der Waals surface area contributed by atoms with Crippen molar-refractivity contribution in [2.75, 3.05) is 13.7 Å². The Balaban J connectivity index is 2.91. The van der Waals surface area contributed by atoms with Crippen LogP contribution in [-0.2, 0) is 16.6 Å². The molecule has 1 aromatic carbocycles. The molecule has 0 radical (unpaired) electrons. The first-order chi connectivity index (χ1) is 10.1. The second-order valence-corrected chi connectivity index (χ2v) is 7.04. The van der Waals surface area contributed by atoms with Crippen molar-refractivity contribution in [3.63, 3.8) is 0 Å². The van der Waals surface area contributed by atoms with E-state index in [9.17, 15) is 4.79 Å². The predicted octanol–water partition coefficient (Wildman–Crippen LogP) is 2.70. The van der Waals surface area contributed by atoms with Crippen molar-refractivity contribution in [1.82, 2.24) is 5.32 Å². The van der Waals surface area contributed by atoms with Crippen LogP contribution in [0.4, 0.5) is 0 Å². The smallest absolute Gasteiger partial charge is 0.220 e. The normalized spacial score (nSPS) is 12.9. The number of rotatable bonds is 6. The van der Waals surface area contributed by atoms with E-state index in [2.05, 4.69) is 45.1 Å². The second kappa shape index (κ2) is 7.63. The van der Waals surface area contributed by atoms with Crippen LogP contribution in [0.5, 0.6) is 5.75 Å². The summed E-state index contributed by atoms with van der Waals surface area (Å²) in [4.78, 5) is 11.9. The number of nitrogens with two attached hydrogens (primary N) is 1. The molecule has 3 N–H and O–H groups in total. The number of carbonyl (C=O) groups is 1. The minimum absolute atomic E-state index is 0.00333. The monoisotopic (exact) mass is 306 g/mol. The minimum atomic E-state index is -0.0232. The van der Waals surface area contributed by atoms with Gasteiger partial charge in [-0.15, -0.1) is 0 Å². The van der Waals surface area contributed by atoms with Crippen LogP contribution in [0.3, 0.4) is 0 Å². The van der Waals surface area contributed by atoms with Gasteiger partial charge in [0.15, 0.2) is 0 Å². The van der Waals surface area contributed by atoms with E-state index in [1.165, 1.54) is 11.1 Å². The molecule has 0 saturated heterocycles. The van der Waals surface area contributed by atoms with Gasteiger partial charge in [-0.2, -0.15) is 0 Å². The fraction of sp³-hybridized carbons (Fsp3) is 0.611. The topological polar surface area (TPSA) is 64.3 Å². The minimum Gasteiger partial charge on any atom is -0.496 e. The van der Waals surface area contributed by atoms with Crippen LogP contribution in [0, 0.1) is 6.92 Å². The highest BCUT2D eigenvalue weighted by Crippen LogP contribution is 2.35. The lowest BCUT2D eigenvalue weighted by molar-refractivity contribution is -0.121. The third-order valence-electron chi connectivity index (χ3n) is 3.56. The number of amides is 1. The second-order valence-electron chi connectivity index (χ2n) is 7.04. The van der Waals surface area contributed by atoms with Crippen molar-refractivity contribution >= 4 is 5.91 Å². The molecule has 0 fully saturated rings. The van der Waals surface area contributed by atoms with E-state index in [-0.39, 0.29) is 17.4 Å². The Kier molecular flexibility index (Phi) is 6.42. The van der Waals surface area contributed by atoms with E-state index >= 15 is 0 Å². The van der Waals surface area contributed by atoms with Crippen LogP contribution < -0.4 is 15.8 Å². The fourth-order valence-electron chi connectivity index (χ4n) is 2.44. The molecule has 0 heterocycles. The van der Waals surface area contributed by atoms with Gasteiger partial charge in [-0.1, -0.05) is 38.5 Å². The molecule has 0 aliphatic rings. The summed E-state index contributed by atoms with van der Waals surface area (Å²) in [7, 11) is 1.69. The van der Waals surface area contributed by atoms with Crippen LogP contribution in [-0.4, -0.2) is 25.6 Å². The molecule has 124 valence electrons. The average Bonchev–Trinajstić information content (AvgIpc) is 2.41. The maximum Gasteiger partial charge on any atom is 0.220 e. The number of methoxy groups -OCH3 is 1. The van der Waals surface area contributed by atoms with E-state index in [0.717, 1.165) is 11.3 Å². The van der Waals surface area contributed by atoms with Gasteiger partial charge in [0.05, 0.1) is 7.11 Å². The average molecular weight is 306 g/mol. The molecule has 1 amide bonds. The Labute approximate surface area is 134 Å². The van der Waals surface area contributed by atoms with E-state index < -0.39 is 0 Å². The number of aryl methyl sites for hydroxylation is 2. The third-order valence-corrected chi connectivity index (χ3v) is 3.56. The first-order valence-electron chi connectivity index (χ1n) is 7.85. The zero-order chi connectivity index (χ0) is 16.9. The van der Waals surface area contributed by atoms with Gasteiger partial charge in [0.2, 0.25) is 5.91 Å². The first-order valence-corrected chi connectivity index (χ1v) is 7.85. The van der Waals surface area contributed by atoms with Crippen molar-refractivity contribution in [3.05, 3.63) is 28.8 Å². The molecule has 0 aromatic heterocycles. The first kappa shape index (κ1) is 18.5. The molecule has 0 bridgehead atoms. The van der Waals surface area contributed by atoms with Crippen LogP contribution in [0.25, 0.3) is 0 Å². The Morgan fingerprint density at radius 2 is 2.00 bits per heavy atom. The van der Waals surface area contributed by atoms with Crippen molar-refractivity contribution in [3.8, 4) is 5.75 Å². The zero-order valence-electron chi connectivity index (χ0n) is 14.7. The summed E-state index contributed by atoms with van der Waals surface area (Å²) in [5, 5.41) is 2.84. The molecule has 0 aliphatic heterocycles. The molecule has 1 atom stereocenters. The predicted molar refractivity (Wildman–Crippen MR) is 91.4 cm³/mol. The highest BCUT2D eigenvalue weighted by molar-refractivity contribution is 5.76. The van der Waals surface area contributed by atoms with Crippen LogP contribution in [0.1, 0.15) is 50.8 Å². The summed E-state index contributed by atoms with van der Waals surface area (Å²) in [5.74, 6) is 0.927. The van der Waals surface area contributed by atoms with Gasteiger partial charge < -0.3 is 15.8 Å². The molecule has 0 saturated carbocycles. The summed E-state index contributed by atoms with van der Waals surface area (Å²) in [5.41, 5.74) is 9.11. The Hall–Kier alpha value is -1.55. The van der Waals surface area contributed by atoms with Gasteiger partial charge in [0, 0.05) is 24.6 Å². The Morgan fingerprint density at radius 1 is 1.36 bits per heavy atom. The number of nitrogens with one attached hydrogen (secondary N) is 1. The highest BCUT2D eigenvalue weighted by Gasteiger charge is 2.22. The fourth-order valence-corrected chi connectivity index (χ4v) is 2.44. The van der Waals surface area contributed by atoms with Gasteiger partial charge in [-0.3, -0.25) is 4.79 Å². The maximum atomic E-state index is 11.9. The van der Waals surface area contributed by atoms with Crippen LogP contribution in [0.15, 0.2) is 12.1 Å². The third kappa shape index (κ3) is 5.34. The summed E-state index contributed by atoms with van der Waals surface area (Å²) in [6.07, 6.45) is 1.11. The highest BCUT2D eigenvalue weighted by atomic mass is 16.5. The maximum absolute atomic E-state index is 11.9. The summed E-state index contributed by atoms with van der Waals surface area (Å²) in [6.45, 7) is 11.0. The lowest BCUT2D eigenvalue weighted by Crippen LogP contribution is -2.35. The molecular weight excluding hydrogens is 276 g/mol. The number of hydrogen-bond donors (Lipinski definition) is 2. The van der Waals surface area contributed by atoms with Crippen molar-refractivity contribution in [2.45, 2.75) is 58.9 Å². The molecule has 4 nitrogen and oxygen atoms in total. The summed E-state index contributed by atoms with van der Waals surface area (Å²) in [6, 6.07) is 4.25. The van der Waals surface area contributed by atoms with Crippen molar-refractivity contribution in [1.29, 1.82) is 0 Å². The van der Waals surface area contributed by atoms with Gasteiger partial charge in [0.25, 0.3) is 0 Å². The summed E-state index contributed by atoms with van der Waals surface area (Å²) < 4.78 is 5.64. The molecular formula is C18H30N2O2. The summed E-state index contributed by atoms with van der Waals surface area (Å²) >= 11 is 0. The SMILES string of the molecule is COc1c(CCC(=O)NCC(C)N)cc(C)cc1C(C)(C)C. The van der Waals surface area contributed by atoms with Crippen molar-refractivity contribution < 1.29 is 9.53 Å². The number of hydrogen-bond acceptors (Lipinski definition) is 3. The molecule has 1 unspecified atom stereocenters. The van der Waals surface area contributed by atoms with Crippen molar-refractivity contribution in [2.24, 2.45) is 5.73 Å². The van der Waals surface area contributed by atoms with Crippen LogP contribution in [0.2, 0.25) is 0 Å². The van der Waals surface area contributed by atoms with E-state index in [0.29, 0.717) is 19.4 Å². The van der Waals surface area contributed by atoms with Gasteiger partial charge >= 0.3 is 0 Å². The molecule has 1 rings (SSSR count). The molecule has 1 aromatic rings. The van der Waals surface area contributed by atoms with E-state index in [1.807, 2.05) is 6.92 Å². The van der Waals surface area contributed by atoms with E-state index in [1.54, 1.807) is 7.11 Å². The molecule has 0 spiro atoms. The largest absolute Gasteiger partial charge is 0.496 e. The zero-order valence-corrected chi connectivity index (χ0v) is 14.7. The standard InChI is InChI=1S/C18H30N2O2/c1-12-9-14(7-8-16(21)20-11-13(2)19)17(22-6)15(10-12)18(3,4)5/h9-10,13H,7-8,11,19H2,1-6H3,(H,20,21). The van der Waals surface area contributed by atoms with Gasteiger partial charge in [-0.25, -0.2) is 0 Å². The van der Waals surface area contributed by atoms with Crippen LogP contribution >= 0.6 is 0 Å². The number of carbonyl (C=O) groups excluding carboxylic acids is 1. The molecule has 0 aliphatic carbocycles. The molecule has 22 heavy (non-hydrogen) atoms. The number of ether oxygens (including phenoxy) is 1. The Morgan fingerprint density at radius 3 is 2.50 bits per heavy atom. The quantitative estimate of drug-likeness (QED) is 0.849. The van der Waals surface area contributed by atoms with Gasteiger partial charge in [-0.05, 0) is 31.2 Å². The van der Waals surface area contributed by atoms with Gasteiger partial charge in [0.1, 0.15) is 5.75 Å². The molecule has 4 heteroatoms. The Bertz CT molecular complexity index is 517. The number of benzene rings is 1. The lowest BCUT2D eigenvalue weighted by Gasteiger charge is -2.25. The van der Waals surface area contributed by atoms with E-state index in [4.69, 9.17) is 10.5 Å².